The van der Waals surface area contributed by atoms with Crippen LogP contribution in [0.15, 0.2) is 188 Å². The van der Waals surface area contributed by atoms with E-state index in [0.29, 0.717) is 0 Å². The quantitative estimate of drug-likeness (QED) is 0.183. The van der Waals surface area contributed by atoms with Crippen molar-refractivity contribution < 1.29 is 0 Å². The van der Waals surface area contributed by atoms with Gasteiger partial charge < -0.3 is 4.90 Å². The Morgan fingerprint density at radius 2 is 0.843 bits per heavy atom. The zero-order valence-electron chi connectivity index (χ0n) is 28.8. The number of hydrogen-bond acceptors (Lipinski definition) is 1. The lowest BCUT2D eigenvalue weighted by molar-refractivity contribution is 0.563. The molecule has 0 heterocycles. The van der Waals surface area contributed by atoms with Crippen molar-refractivity contribution in [2.24, 2.45) is 0 Å². The molecule has 0 bridgehead atoms. The minimum atomic E-state index is -0.397. The van der Waals surface area contributed by atoms with Crippen LogP contribution >= 0.6 is 0 Å². The zero-order chi connectivity index (χ0) is 34.2. The normalized spacial score (nSPS) is 14.4. The van der Waals surface area contributed by atoms with Crippen LogP contribution in [0.5, 0.6) is 0 Å². The fraction of sp³-hybridized carbons (Fsp3) is 0.0800. The molecule has 0 N–H and O–H groups in total. The molecule has 242 valence electrons. The highest BCUT2D eigenvalue weighted by molar-refractivity contribution is 5.92. The standard InChI is InChI=1S/C50H37N/c1-49(2)45-20-10-12-22-47(45)50(48-23-13-11-21-46(48)49)43-19-9-8-18-41(43)42-33-40(30-31-44(42)50)51(38-16-4-3-5-17-38)39-28-26-35(27-29-39)37-25-24-34-14-6-7-15-36(34)32-37/h3-33H,1-2H3. The number of fused-ring (bicyclic) bond motifs is 10. The predicted octanol–water partition coefficient (Wildman–Crippen LogP) is 13.0. The van der Waals surface area contributed by atoms with Gasteiger partial charge in [-0.15, -0.1) is 0 Å². The first-order valence-corrected chi connectivity index (χ1v) is 17.9. The molecule has 1 nitrogen and oxygen atoms in total. The summed E-state index contributed by atoms with van der Waals surface area (Å²) in [5.41, 5.74) is 16.2. The third kappa shape index (κ3) is 4.28. The van der Waals surface area contributed by atoms with Gasteiger partial charge in [-0.1, -0.05) is 159 Å². The van der Waals surface area contributed by atoms with Gasteiger partial charge in [0.15, 0.2) is 0 Å². The molecule has 0 saturated heterocycles. The Morgan fingerprint density at radius 3 is 1.55 bits per heavy atom. The number of anilines is 3. The summed E-state index contributed by atoms with van der Waals surface area (Å²) < 4.78 is 0. The highest BCUT2D eigenvalue weighted by atomic mass is 15.1. The van der Waals surface area contributed by atoms with Gasteiger partial charge in [0.1, 0.15) is 0 Å². The highest BCUT2D eigenvalue weighted by Gasteiger charge is 2.53. The molecule has 51 heavy (non-hydrogen) atoms. The molecule has 2 aliphatic rings. The number of hydrogen-bond donors (Lipinski definition) is 0. The van der Waals surface area contributed by atoms with Gasteiger partial charge in [0.25, 0.3) is 0 Å². The second kappa shape index (κ2) is 11.2. The minimum absolute atomic E-state index is 0.112. The molecule has 8 aromatic carbocycles. The van der Waals surface area contributed by atoms with Crippen molar-refractivity contribution in [3.05, 3.63) is 221 Å². The van der Waals surface area contributed by atoms with Gasteiger partial charge in [-0.3, -0.25) is 0 Å². The molecule has 0 unspecified atom stereocenters. The maximum atomic E-state index is 2.43. The van der Waals surface area contributed by atoms with Gasteiger partial charge in [0, 0.05) is 22.5 Å². The second-order valence-corrected chi connectivity index (χ2v) is 14.5. The molecule has 1 heteroatoms. The van der Waals surface area contributed by atoms with Gasteiger partial charge in [-0.2, -0.15) is 0 Å². The van der Waals surface area contributed by atoms with Crippen molar-refractivity contribution in [1.29, 1.82) is 0 Å². The monoisotopic (exact) mass is 651 g/mol. The van der Waals surface area contributed by atoms with Crippen LogP contribution in [0.25, 0.3) is 33.0 Å². The molecule has 2 aliphatic carbocycles. The summed E-state index contributed by atoms with van der Waals surface area (Å²) in [6, 6.07) is 69.6. The number of para-hydroxylation sites is 1. The van der Waals surface area contributed by atoms with E-state index in [1.165, 1.54) is 66.4 Å². The first-order chi connectivity index (χ1) is 25.0. The Kier molecular flexibility index (Phi) is 6.51. The van der Waals surface area contributed by atoms with Crippen LogP contribution in [0.1, 0.15) is 47.2 Å². The SMILES string of the molecule is CC1(C)c2ccccc2C2(c3ccccc3-c3cc(N(c4ccccc4)c4ccc(-c5ccc6ccccc6c5)cc4)ccc32)c2ccccc21. The van der Waals surface area contributed by atoms with E-state index in [2.05, 4.69) is 207 Å². The Bertz CT molecular complexity index is 2560. The van der Waals surface area contributed by atoms with E-state index in [9.17, 15) is 0 Å². The van der Waals surface area contributed by atoms with Crippen molar-refractivity contribution >= 4 is 27.8 Å². The Morgan fingerprint density at radius 1 is 0.333 bits per heavy atom. The van der Waals surface area contributed by atoms with Crippen LogP contribution in [0, 0.1) is 0 Å². The molecular formula is C50H37N. The Hall–Kier alpha value is -6.18. The molecule has 0 amide bonds. The maximum absolute atomic E-state index is 2.43. The molecule has 0 fully saturated rings. The van der Waals surface area contributed by atoms with Gasteiger partial charge in [0.05, 0.1) is 5.41 Å². The number of nitrogens with zero attached hydrogens (tertiary/aromatic N) is 1. The van der Waals surface area contributed by atoms with Gasteiger partial charge in [0.2, 0.25) is 0 Å². The maximum Gasteiger partial charge on any atom is 0.0719 e. The summed E-state index contributed by atoms with van der Waals surface area (Å²) in [5, 5.41) is 2.52. The van der Waals surface area contributed by atoms with Crippen molar-refractivity contribution in [2.45, 2.75) is 24.7 Å². The summed E-state index contributed by atoms with van der Waals surface area (Å²) in [6.45, 7) is 4.76. The number of benzene rings is 8. The van der Waals surface area contributed by atoms with E-state index in [1.807, 2.05) is 0 Å². The fourth-order valence-corrected chi connectivity index (χ4v) is 9.19. The average molecular weight is 652 g/mol. The zero-order valence-corrected chi connectivity index (χ0v) is 28.8. The second-order valence-electron chi connectivity index (χ2n) is 14.5. The summed E-state index contributed by atoms with van der Waals surface area (Å²) in [6.07, 6.45) is 0. The molecule has 0 radical (unpaired) electrons. The van der Waals surface area contributed by atoms with Crippen LogP contribution in [0.4, 0.5) is 17.1 Å². The van der Waals surface area contributed by atoms with E-state index >= 15 is 0 Å². The first kappa shape index (κ1) is 29.7. The molecule has 10 rings (SSSR count). The Labute approximate surface area is 300 Å². The molecule has 0 saturated carbocycles. The van der Waals surface area contributed by atoms with Crippen LogP contribution < -0.4 is 4.90 Å². The number of rotatable bonds is 4. The summed E-state index contributed by atoms with van der Waals surface area (Å²) in [5.74, 6) is 0. The van der Waals surface area contributed by atoms with Gasteiger partial charge in [-0.25, -0.2) is 0 Å². The van der Waals surface area contributed by atoms with E-state index < -0.39 is 5.41 Å². The molecule has 0 atom stereocenters. The third-order valence-corrected chi connectivity index (χ3v) is 11.5. The highest BCUT2D eigenvalue weighted by Crippen LogP contribution is 2.62. The lowest BCUT2D eigenvalue weighted by atomic mass is 9.55. The molecule has 0 aromatic heterocycles. The van der Waals surface area contributed by atoms with E-state index in [4.69, 9.17) is 0 Å². The van der Waals surface area contributed by atoms with Crippen molar-refractivity contribution in [3.63, 3.8) is 0 Å². The lowest BCUT2D eigenvalue weighted by Gasteiger charge is -2.46. The topological polar surface area (TPSA) is 3.24 Å². The average Bonchev–Trinajstić information content (AvgIpc) is 3.48. The van der Waals surface area contributed by atoms with Crippen LogP contribution in [-0.4, -0.2) is 0 Å². The van der Waals surface area contributed by atoms with Gasteiger partial charge >= 0.3 is 0 Å². The van der Waals surface area contributed by atoms with Crippen molar-refractivity contribution in [3.8, 4) is 22.3 Å². The molecule has 1 spiro atoms. The van der Waals surface area contributed by atoms with Crippen LogP contribution in [-0.2, 0) is 10.8 Å². The Balaban J connectivity index is 1.16. The molecular weight excluding hydrogens is 615 g/mol. The summed E-state index contributed by atoms with van der Waals surface area (Å²) in [4.78, 5) is 2.39. The van der Waals surface area contributed by atoms with Crippen molar-refractivity contribution in [1.82, 2.24) is 0 Å². The fourth-order valence-electron chi connectivity index (χ4n) is 9.19. The van der Waals surface area contributed by atoms with Gasteiger partial charge in [-0.05, 0) is 109 Å². The molecule has 0 aliphatic heterocycles. The predicted molar refractivity (Wildman–Crippen MR) is 213 cm³/mol. The van der Waals surface area contributed by atoms with E-state index in [-0.39, 0.29) is 5.41 Å². The smallest absolute Gasteiger partial charge is 0.0719 e. The minimum Gasteiger partial charge on any atom is -0.310 e. The first-order valence-electron chi connectivity index (χ1n) is 17.9. The largest absolute Gasteiger partial charge is 0.310 e. The summed E-state index contributed by atoms with van der Waals surface area (Å²) >= 11 is 0. The molecule has 8 aromatic rings. The summed E-state index contributed by atoms with van der Waals surface area (Å²) in [7, 11) is 0. The van der Waals surface area contributed by atoms with Crippen LogP contribution in [0.2, 0.25) is 0 Å². The van der Waals surface area contributed by atoms with E-state index in [1.54, 1.807) is 0 Å². The lowest BCUT2D eigenvalue weighted by Crippen LogP contribution is -2.40. The van der Waals surface area contributed by atoms with Crippen LogP contribution in [0.3, 0.4) is 0 Å². The van der Waals surface area contributed by atoms with Crippen molar-refractivity contribution in [2.75, 3.05) is 4.90 Å². The van der Waals surface area contributed by atoms with E-state index in [0.717, 1.165) is 17.1 Å². The third-order valence-electron chi connectivity index (χ3n) is 11.5.